The number of hydrazone groups is 1. The average Bonchev–Trinajstić information content (AvgIpc) is 2.75. The third-order valence-electron chi connectivity index (χ3n) is 4.09. The van der Waals surface area contributed by atoms with Crippen LogP contribution in [0.15, 0.2) is 88.9 Å². The van der Waals surface area contributed by atoms with Crippen molar-refractivity contribution >= 4 is 35.6 Å². The fourth-order valence-electron chi connectivity index (χ4n) is 2.53. The molecule has 0 atom stereocenters. The average molecular weight is 407 g/mol. The van der Waals surface area contributed by atoms with Crippen molar-refractivity contribution in [1.29, 1.82) is 0 Å². The second-order valence-electron chi connectivity index (χ2n) is 6.15. The van der Waals surface area contributed by atoms with Gasteiger partial charge in [0.15, 0.2) is 0 Å². The Bertz CT molecular complexity index is 908. The van der Waals surface area contributed by atoms with Crippen molar-refractivity contribution in [2.24, 2.45) is 5.10 Å². The molecule has 0 saturated carbocycles. The van der Waals surface area contributed by atoms with Gasteiger partial charge in [0.1, 0.15) is 0 Å². The maximum atomic E-state index is 12.2. The van der Waals surface area contributed by atoms with E-state index in [4.69, 9.17) is 0 Å². The lowest BCUT2D eigenvalue weighted by molar-refractivity contribution is 0.0955. The van der Waals surface area contributed by atoms with E-state index in [9.17, 15) is 4.79 Å². The van der Waals surface area contributed by atoms with Crippen LogP contribution in [-0.2, 0) is 11.5 Å². The number of amides is 1. The van der Waals surface area contributed by atoms with Crippen molar-refractivity contribution in [3.63, 3.8) is 0 Å². The van der Waals surface area contributed by atoms with Gasteiger partial charge >= 0.3 is 0 Å². The van der Waals surface area contributed by atoms with Crippen LogP contribution in [0.25, 0.3) is 0 Å². The molecule has 0 spiro atoms. The topological polar surface area (TPSA) is 41.5 Å². The summed E-state index contributed by atoms with van der Waals surface area (Å²) in [6, 6.07) is 26.1. The number of hydrogen-bond donors (Lipinski definition) is 1. The molecule has 3 rings (SSSR count). The molecule has 28 heavy (non-hydrogen) atoms. The smallest absolute Gasteiger partial charge is 0.267 e. The monoisotopic (exact) mass is 406 g/mol. The highest BCUT2D eigenvalue weighted by Gasteiger charge is 2.04. The number of carbonyl (C=O) groups excluding carboxylic acids is 1. The van der Waals surface area contributed by atoms with E-state index in [0.29, 0.717) is 5.56 Å². The van der Waals surface area contributed by atoms with E-state index >= 15 is 0 Å². The molecular formula is C23H22N2OS2. The minimum atomic E-state index is -0.208. The highest BCUT2D eigenvalue weighted by molar-refractivity contribution is 7.98. The first-order chi connectivity index (χ1) is 13.7. The van der Waals surface area contributed by atoms with Crippen molar-refractivity contribution in [3.8, 4) is 0 Å². The number of thioether (sulfide) groups is 2. The van der Waals surface area contributed by atoms with E-state index in [-0.39, 0.29) is 5.91 Å². The molecule has 0 aliphatic heterocycles. The van der Waals surface area contributed by atoms with Crippen molar-refractivity contribution < 1.29 is 4.79 Å². The maximum absolute atomic E-state index is 12.2. The van der Waals surface area contributed by atoms with Gasteiger partial charge in [-0.15, -0.1) is 11.8 Å². The van der Waals surface area contributed by atoms with Gasteiger partial charge in [-0.05, 0) is 47.2 Å². The highest BCUT2D eigenvalue weighted by Crippen LogP contribution is 2.18. The van der Waals surface area contributed by atoms with Crippen molar-refractivity contribution in [3.05, 3.63) is 101 Å². The Morgan fingerprint density at radius 2 is 1.54 bits per heavy atom. The zero-order valence-electron chi connectivity index (χ0n) is 15.7. The lowest BCUT2D eigenvalue weighted by Gasteiger charge is -2.04. The summed E-state index contributed by atoms with van der Waals surface area (Å²) < 4.78 is 0. The lowest BCUT2D eigenvalue weighted by atomic mass is 10.1. The Morgan fingerprint density at radius 1 is 0.893 bits per heavy atom. The van der Waals surface area contributed by atoms with Crippen LogP contribution in [0.5, 0.6) is 0 Å². The van der Waals surface area contributed by atoms with Crippen molar-refractivity contribution in [1.82, 2.24) is 5.43 Å². The number of rotatable bonds is 8. The summed E-state index contributed by atoms with van der Waals surface area (Å²) in [4.78, 5) is 13.4. The summed E-state index contributed by atoms with van der Waals surface area (Å²) in [5.74, 6) is 1.69. The molecule has 3 aromatic rings. The zero-order valence-corrected chi connectivity index (χ0v) is 17.3. The van der Waals surface area contributed by atoms with Crippen LogP contribution in [0.1, 0.15) is 27.0 Å². The SMILES string of the molecule is CSc1ccc(/C=N/NC(=O)c2ccc(CSCc3ccccc3)cc2)cc1. The first kappa shape index (κ1) is 20.2. The summed E-state index contributed by atoms with van der Waals surface area (Å²) in [6.07, 6.45) is 3.69. The predicted molar refractivity (Wildman–Crippen MR) is 121 cm³/mol. The molecule has 5 heteroatoms. The molecule has 0 aromatic heterocycles. The van der Waals surface area contributed by atoms with Crippen molar-refractivity contribution in [2.45, 2.75) is 16.4 Å². The van der Waals surface area contributed by atoms with E-state index in [1.54, 1.807) is 18.0 Å². The molecule has 0 radical (unpaired) electrons. The fraction of sp³-hybridized carbons (Fsp3) is 0.130. The Balaban J connectivity index is 1.46. The molecule has 3 aromatic carbocycles. The Kier molecular flexibility index (Phi) is 7.76. The first-order valence-electron chi connectivity index (χ1n) is 8.92. The Hall–Kier alpha value is -2.50. The Morgan fingerprint density at radius 3 is 2.18 bits per heavy atom. The lowest BCUT2D eigenvalue weighted by Crippen LogP contribution is -2.17. The van der Waals surface area contributed by atoms with Gasteiger partial charge in [0.2, 0.25) is 0 Å². The molecule has 0 saturated heterocycles. The van der Waals surface area contributed by atoms with Gasteiger partial charge in [-0.3, -0.25) is 4.79 Å². The van der Waals surface area contributed by atoms with E-state index in [1.165, 1.54) is 16.0 Å². The number of benzene rings is 3. The zero-order chi connectivity index (χ0) is 19.6. The number of hydrogen-bond acceptors (Lipinski definition) is 4. The van der Waals surface area contributed by atoms with Crippen molar-refractivity contribution in [2.75, 3.05) is 6.26 Å². The third kappa shape index (κ3) is 6.29. The molecular weight excluding hydrogens is 384 g/mol. The van der Waals surface area contributed by atoms with Crippen LogP contribution in [0, 0.1) is 0 Å². The molecule has 0 heterocycles. The minimum absolute atomic E-state index is 0.208. The van der Waals surface area contributed by atoms with E-state index in [2.05, 4.69) is 34.8 Å². The summed E-state index contributed by atoms with van der Waals surface area (Å²) in [7, 11) is 0. The van der Waals surface area contributed by atoms with Gasteiger partial charge in [-0.2, -0.15) is 16.9 Å². The van der Waals surface area contributed by atoms with Gasteiger partial charge in [0.25, 0.3) is 5.91 Å². The number of carbonyl (C=O) groups is 1. The maximum Gasteiger partial charge on any atom is 0.271 e. The normalized spacial score (nSPS) is 10.9. The quantitative estimate of drug-likeness (QED) is 0.300. The number of nitrogens with zero attached hydrogens (tertiary/aromatic N) is 1. The van der Waals surface area contributed by atoms with Crippen LogP contribution in [0.2, 0.25) is 0 Å². The molecule has 0 unspecified atom stereocenters. The van der Waals surface area contributed by atoms with Gasteiger partial charge < -0.3 is 0 Å². The second-order valence-corrected chi connectivity index (χ2v) is 8.01. The standard InChI is InChI=1S/C23H22N2OS2/c1-27-22-13-9-18(10-14-22)15-24-25-23(26)21-11-7-20(8-12-21)17-28-16-19-5-3-2-4-6-19/h2-15H,16-17H2,1H3,(H,25,26)/b24-15+. The minimum Gasteiger partial charge on any atom is -0.267 e. The first-order valence-corrected chi connectivity index (χ1v) is 11.3. The molecule has 142 valence electrons. The van der Waals surface area contributed by atoms with E-state index < -0.39 is 0 Å². The third-order valence-corrected chi connectivity index (χ3v) is 5.91. The van der Waals surface area contributed by atoms with Crippen LogP contribution >= 0.6 is 23.5 Å². The molecule has 1 N–H and O–H groups in total. The summed E-state index contributed by atoms with van der Waals surface area (Å²) >= 11 is 3.55. The van der Waals surface area contributed by atoms with Gasteiger partial charge in [-0.25, -0.2) is 5.43 Å². The molecule has 0 aliphatic rings. The predicted octanol–water partition coefficient (Wildman–Crippen LogP) is 5.61. The molecule has 1 amide bonds. The molecule has 3 nitrogen and oxygen atoms in total. The highest BCUT2D eigenvalue weighted by atomic mass is 32.2. The van der Waals surface area contributed by atoms with Gasteiger partial charge in [0, 0.05) is 22.0 Å². The molecule has 0 bridgehead atoms. The summed E-state index contributed by atoms with van der Waals surface area (Å²) in [5.41, 5.74) is 6.66. The van der Waals surface area contributed by atoms with Gasteiger partial charge in [0.05, 0.1) is 6.21 Å². The van der Waals surface area contributed by atoms with Gasteiger partial charge in [-0.1, -0.05) is 54.6 Å². The Labute approximate surface area is 174 Å². The summed E-state index contributed by atoms with van der Waals surface area (Å²) in [5, 5.41) is 4.04. The molecule has 0 fully saturated rings. The van der Waals surface area contributed by atoms with Crippen LogP contribution in [0.4, 0.5) is 0 Å². The van der Waals surface area contributed by atoms with E-state index in [1.807, 2.05) is 72.6 Å². The van der Waals surface area contributed by atoms with Crippen LogP contribution in [0.3, 0.4) is 0 Å². The second kappa shape index (κ2) is 10.7. The summed E-state index contributed by atoms with van der Waals surface area (Å²) in [6.45, 7) is 0. The van der Waals surface area contributed by atoms with Crippen LogP contribution < -0.4 is 5.43 Å². The number of nitrogens with one attached hydrogen (secondary N) is 1. The van der Waals surface area contributed by atoms with Crippen LogP contribution in [-0.4, -0.2) is 18.4 Å². The van der Waals surface area contributed by atoms with E-state index in [0.717, 1.165) is 17.1 Å². The fourth-order valence-corrected chi connectivity index (χ4v) is 3.90. The molecule has 0 aliphatic carbocycles. The largest absolute Gasteiger partial charge is 0.271 e.